The normalized spacial score (nSPS) is 30.5. The molecule has 2 unspecified atom stereocenters. The third-order valence-corrected chi connectivity index (χ3v) is 2.18. The summed E-state index contributed by atoms with van der Waals surface area (Å²) in [5.74, 6) is 0.848. The Bertz CT molecular complexity index is 72.9. The van der Waals surface area contributed by atoms with E-state index in [0.29, 0.717) is 6.10 Å². The van der Waals surface area contributed by atoms with E-state index in [2.05, 4.69) is 13.8 Å². The lowest BCUT2D eigenvalue weighted by molar-refractivity contribution is -0.00573. The van der Waals surface area contributed by atoms with Crippen LogP contribution in [0, 0.1) is 5.92 Å². The van der Waals surface area contributed by atoms with E-state index < -0.39 is 0 Å². The van der Waals surface area contributed by atoms with Crippen LogP contribution < -0.4 is 0 Å². The SMILES string of the molecule is CC.CCC1CCC(C)OC1. The van der Waals surface area contributed by atoms with Crippen molar-refractivity contribution in [3.63, 3.8) is 0 Å². The zero-order chi connectivity index (χ0) is 8.69. The van der Waals surface area contributed by atoms with E-state index in [9.17, 15) is 0 Å². The van der Waals surface area contributed by atoms with Gasteiger partial charge in [-0.2, -0.15) is 0 Å². The van der Waals surface area contributed by atoms with E-state index in [1.54, 1.807) is 0 Å². The quantitative estimate of drug-likeness (QED) is 0.569. The predicted octanol–water partition coefficient (Wildman–Crippen LogP) is 3.24. The van der Waals surface area contributed by atoms with Gasteiger partial charge in [-0.25, -0.2) is 0 Å². The average molecular weight is 158 g/mol. The molecule has 1 aliphatic heterocycles. The second-order valence-electron chi connectivity index (χ2n) is 3.00. The third kappa shape index (κ3) is 4.41. The lowest BCUT2D eigenvalue weighted by atomic mass is 9.97. The number of ether oxygens (including phenoxy) is 1. The topological polar surface area (TPSA) is 9.23 Å². The molecule has 1 fully saturated rings. The van der Waals surface area contributed by atoms with Crippen LogP contribution in [-0.2, 0) is 4.74 Å². The molecule has 68 valence electrons. The van der Waals surface area contributed by atoms with E-state index in [1.807, 2.05) is 13.8 Å². The molecule has 0 aromatic heterocycles. The van der Waals surface area contributed by atoms with Crippen molar-refractivity contribution in [2.75, 3.05) is 6.61 Å². The van der Waals surface area contributed by atoms with Gasteiger partial charge in [-0.3, -0.25) is 0 Å². The molecule has 0 bridgehead atoms. The lowest BCUT2D eigenvalue weighted by Gasteiger charge is -2.25. The van der Waals surface area contributed by atoms with Gasteiger partial charge >= 0.3 is 0 Å². The van der Waals surface area contributed by atoms with Gasteiger partial charge in [0, 0.05) is 6.61 Å². The van der Waals surface area contributed by atoms with Crippen molar-refractivity contribution in [3.8, 4) is 0 Å². The van der Waals surface area contributed by atoms with E-state index >= 15 is 0 Å². The highest BCUT2D eigenvalue weighted by atomic mass is 16.5. The van der Waals surface area contributed by atoms with Crippen LogP contribution in [0.15, 0.2) is 0 Å². The van der Waals surface area contributed by atoms with Crippen LogP contribution >= 0.6 is 0 Å². The number of hydrogen-bond acceptors (Lipinski definition) is 1. The summed E-state index contributed by atoms with van der Waals surface area (Å²) in [4.78, 5) is 0. The molecule has 1 rings (SSSR count). The maximum absolute atomic E-state index is 5.48. The van der Waals surface area contributed by atoms with Crippen molar-refractivity contribution in [2.45, 2.75) is 53.1 Å². The maximum Gasteiger partial charge on any atom is 0.0547 e. The third-order valence-electron chi connectivity index (χ3n) is 2.18. The van der Waals surface area contributed by atoms with E-state index in [4.69, 9.17) is 4.74 Å². The van der Waals surface area contributed by atoms with Gasteiger partial charge in [0.2, 0.25) is 0 Å². The number of rotatable bonds is 1. The van der Waals surface area contributed by atoms with Crippen molar-refractivity contribution < 1.29 is 4.74 Å². The molecule has 1 heterocycles. The van der Waals surface area contributed by atoms with Crippen LogP contribution in [0.5, 0.6) is 0 Å². The summed E-state index contributed by atoms with van der Waals surface area (Å²) in [6, 6.07) is 0. The Balaban J connectivity index is 0.000000461. The summed E-state index contributed by atoms with van der Waals surface area (Å²) >= 11 is 0. The summed E-state index contributed by atoms with van der Waals surface area (Å²) in [6.07, 6.45) is 4.44. The zero-order valence-electron chi connectivity index (χ0n) is 8.39. The average Bonchev–Trinajstić information content (AvgIpc) is 2.10. The minimum Gasteiger partial charge on any atom is -0.378 e. The molecule has 0 aromatic carbocycles. The van der Waals surface area contributed by atoms with E-state index in [1.165, 1.54) is 19.3 Å². The first-order valence-electron chi connectivity index (χ1n) is 4.94. The maximum atomic E-state index is 5.48. The van der Waals surface area contributed by atoms with Crippen LogP contribution in [0.2, 0.25) is 0 Å². The highest BCUT2D eigenvalue weighted by molar-refractivity contribution is 4.65. The fraction of sp³-hybridized carbons (Fsp3) is 1.00. The molecule has 0 N–H and O–H groups in total. The zero-order valence-corrected chi connectivity index (χ0v) is 8.39. The van der Waals surface area contributed by atoms with Gasteiger partial charge in [-0.1, -0.05) is 27.2 Å². The van der Waals surface area contributed by atoms with Crippen molar-refractivity contribution in [3.05, 3.63) is 0 Å². The van der Waals surface area contributed by atoms with Crippen molar-refractivity contribution in [2.24, 2.45) is 5.92 Å². The molecular formula is C10H22O. The molecule has 1 heteroatoms. The number of hydrogen-bond donors (Lipinski definition) is 0. The standard InChI is InChI=1S/C8H16O.C2H6/c1-3-8-5-4-7(2)9-6-8;1-2/h7-8H,3-6H2,1-2H3;1-2H3. The molecule has 0 saturated carbocycles. The van der Waals surface area contributed by atoms with Gasteiger partial charge in [0.25, 0.3) is 0 Å². The van der Waals surface area contributed by atoms with Gasteiger partial charge in [0.05, 0.1) is 6.10 Å². The predicted molar refractivity (Wildman–Crippen MR) is 49.8 cm³/mol. The Morgan fingerprint density at radius 3 is 2.27 bits per heavy atom. The van der Waals surface area contributed by atoms with Gasteiger partial charge in [0.1, 0.15) is 0 Å². The van der Waals surface area contributed by atoms with Crippen molar-refractivity contribution in [1.29, 1.82) is 0 Å². The Morgan fingerprint density at radius 2 is 1.91 bits per heavy atom. The molecule has 0 aromatic rings. The fourth-order valence-corrected chi connectivity index (χ4v) is 1.26. The van der Waals surface area contributed by atoms with E-state index in [0.717, 1.165) is 12.5 Å². The first-order chi connectivity index (χ1) is 5.33. The van der Waals surface area contributed by atoms with Gasteiger partial charge in [-0.05, 0) is 25.7 Å². The molecule has 11 heavy (non-hydrogen) atoms. The first-order valence-corrected chi connectivity index (χ1v) is 4.94. The highest BCUT2D eigenvalue weighted by Gasteiger charge is 2.15. The van der Waals surface area contributed by atoms with Gasteiger partial charge < -0.3 is 4.74 Å². The van der Waals surface area contributed by atoms with E-state index in [-0.39, 0.29) is 0 Å². The molecule has 2 atom stereocenters. The smallest absolute Gasteiger partial charge is 0.0547 e. The molecular weight excluding hydrogens is 136 g/mol. The molecule has 0 aliphatic carbocycles. The monoisotopic (exact) mass is 158 g/mol. The Hall–Kier alpha value is -0.0400. The van der Waals surface area contributed by atoms with Crippen LogP contribution in [0.3, 0.4) is 0 Å². The summed E-state index contributed by atoms with van der Waals surface area (Å²) < 4.78 is 5.48. The molecule has 0 amide bonds. The highest BCUT2D eigenvalue weighted by Crippen LogP contribution is 2.20. The van der Waals surface area contributed by atoms with Gasteiger partial charge in [-0.15, -0.1) is 0 Å². The molecule has 0 radical (unpaired) electrons. The minimum atomic E-state index is 0.521. The summed E-state index contributed by atoms with van der Waals surface area (Å²) in [7, 11) is 0. The van der Waals surface area contributed by atoms with Crippen LogP contribution in [0.25, 0.3) is 0 Å². The largest absolute Gasteiger partial charge is 0.378 e. The lowest BCUT2D eigenvalue weighted by Crippen LogP contribution is -2.22. The van der Waals surface area contributed by atoms with Crippen LogP contribution in [0.4, 0.5) is 0 Å². The van der Waals surface area contributed by atoms with Crippen LogP contribution in [-0.4, -0.2) is 12.7 Å². The van der Waals surface area contributed by atoms with Crippen LogP contribution in [0.1, 0.15) is 47.0 Å². The molecule has 0 spiro atoms. The Kier molecular flexibility index (Phi) is 6.63. The van der Waals surface area contributed by atoms with Gasteiger partial charge in [0.15, 0.2) is 0 Å². The Morgan fingerprint density at radius 1 is 1.27 bits per heavy atom. The van der Waals surface area contributed by atoms with Crippen molar-refractivity contribution >= 4 is 0 Å². The second-order valence-corrected chi connectivity index (χ2v) is 3.00. The van der Waals surface area contributed by atoms with Crippen molar-refractivity contribution in [1.82, 2.24) is 0 Å². The summed E-state index contributed by atoms with van der Waals surface area (Å²) in [5, 5.41) is 0. The Labute approximate surface area is 71.1 Å². The molecule has 1 nitrogen and oxygen atoms in total. The fourth-order valence-electron chi connectivity index (χ4n) is 1.26. The molecule has 1 aliphatic rings. The summed E-state index contributed by atoms with van der Waals surface area (Å²) in [6.45, 7) is 9.40. The summed E-state index contributed by atoms with van der Waals surface area (Å²) in [5.41, 5.74) is 0. The molecule has 1 saturated heterocycles. The minimum absolute atomic E-state index is 0.521. The first kappa shape index (κ1) is 11.0. The second kappa shape index (κ2) is 6.66.